The minimum absolute atomic E-state index is 0.0637. The molecule has 148 valence electrons. The number of likely N-dealkylation sites (tertiary alicyclic amines) is 1. The van der Waals surface area contributed by atoms with Crippen LogP contribution < -0.4 is 10.6 Å². The SMILES string of the molecule is O=C(NC1CCCCC1)NC1CCN(C(=O)CCc2ccccc2O)CC1. The summed E-state index contributed by atoms with van der Waals surface area (Å²) in [4.78, 5) is 26.5. The molecule has 0 bridgehead atoms. The van der Waals surface area contributed by atoms with Gasteiger partial charge in [0.05, 0.1) is 0 Å². The van der Waals surface area contributed by atoms with E-state index < -0.39 is 0 Å². The number of amides is 3. The van der Waals surface area contributed by atoms with Gasteiger partial charge >= 0.3 is 6.03 Å². The Morgan fingerprint density at radius 3 is 2.26 bits per heavy atom. The summed E-state index contributed by atoms with van der Waals surface area (Å²) in [6, 6.07) is 7.54. The lowest BCUT2D eigenvalue weighted by Gasteiger charge is -2.33. The van der Waals surface area contributed by atoms with E-state index in [1.54, 1.807) is 12.1 Å². The Kier molecular flexibility index (Phi) is 6.96. The number of hydrogen-bond acceptors (Lipinski definition) is 3. The van der Waals surface area contributed by atoms with Gasteiger partial charge in [0.2, 0.25) is 5.91 Å². The fraction of sp³-hybridized carbons (Fsp3) is 0.619. The van der Waals surface area contributed by atoms with Gasteiger partial charge in [0.15, 0.2) is 0 Å². The van der Waals surface area contributed by atoms with Crippen LogP contribution in [0.1, 0.15) is 56.9 Å². The molecule has 0 unspecified atom stereocenters. The van der Waals surface area contributed by atoms with Gasteiger partial charge in [-0.25, -0.2) is 4.79 Å². The maximum atomic E-state index is 12.4. The first-order chi connectivity index (χ1) is 13.1. The van der Waals surface area contributed by atoms with Crippen LogP contribution >= 0.6 is 0 Å². The first kappa shape index (κ1) is 19.5. The molecule has 1 aromatic rings. The number of rotatable bonds is 5. The molecule has 2 fully saturated rings. The molecule has 0 radical (unpaired) electrons. The Morgan fingerprint density at radius 2 is 1.59 bits per heavy atom. The molecule has 1 saturated heterocycles. The number of aromatic hydroxyl groups is 1. The Labute approximate surface area is 161 Å². The Hall–Kier alpha value is -2.24. The molecule has 3 N–H and O–H groups in total. The highest BCUT2D eigenvalue weighted by Gasteiger charge is 2.24. The van der Waals surface area contributed by atoms with E-state index >= 15 is 0 Å². The van der Waals surface area contributed by atoms with Crippen molar-refractivity contribution < 1.29 is 14.7 Å². The van der Waals surface area contributed by atoms with Gasteiger partial charge in [-0.05, 0) is 43.7 Å². The number of carbonyl (C=O) groups excluding carboxylic acids is 2. The number of urea groups is 1. The summed E-state index contributed by atoms with van der Waals surface area (Å²) in [6.07, 6.45) is 8.37. The zero-order valence-electron chi connectivity index (χ0n) is 16.0. The van der Waals surface area contributed by atoms with Gasteiger partial charge in [0.1, 0.15) is 5.75 Å². The van der Waals surface area contributed by atoms with E-state index in [1.165, 1.54) is 19.3 Å². The van der Waals surface area contributed by atoms with Crippen LogP contribution in [-0.4, -0.2) is 47.1 Å². The number of benzene rings is 1. The minimum atomic E-state index is -0.0637. The number of phenolic OH excluding ortho intramolecular Hbond substituents is 1. The van der Waals surface area contributed by atoms with Crippen LogP contribution in [0.2, 0.25) is 0 Å². The quantitative estimate of drug-likeness (QED) is 0.742. The van der Waals surface area contributed by atoms with Crippen LogP contribution in [0.5, 0.6) is 5.75 Å². The lowest BCUT2D eigenvalue weighted by molar-refractivity contribution is -0.132. The van der Waals surface area contributed by atoms with Crippen molar-refractivity contribution in [2.24, 2.45) is 0 Å². The largest absolute Gasteiger partial charge is 0.508 e. The van der Waals surface area contributed by atoms with Crippen LogP contribution in [-0.2, 0) is 11.2 Å². The highest BCUT2D eigenvalue weighted by atomic mass is 16.3. The van der Waals surface area contributed by atoms with Gasteiger partial charge in [-0.1, -0.05) is 37.5 Å². The zero-order chi connectivity index (χ0) is 19.1. The van der Waals surface area contributed by atoms with Gasteiger partial charge < -0.3 is 20.6 Å². The van der Waals surface area contributed by atoms with Crippen molar-refractivity contribution in [1.29, 1.82) is 0 Å². The second kappa shape index (κ2) is 9.62. The molecular weight excluding hydrogens is 342 g/mol. The van der Waals surface area contributed by atoms with Crippen LogP contribution in [0.4, 0.5) is 4.79 Å². The summed E-state index contributed by atoms with van der Waals surface area (Å²) in [5.74, 6) is 0.362. The van der Waals surface area contributed by atoms with E-state index in [0.29, 0.717) is 32.0 Å². The predicted molar refractivity (Wildman–Crippen MR) is 105 cm³/mol. The van der Waals surface area contributed by atoms with Gasteiger partial charge in [-0.3, -0.25) is 4.79 Å². The van der Waals surface area contributed by atoms with Crippen molar-refractivity contribution in [2.75, 3.05) is 13.1 Å². The van der Waals surface area contributed by atoms with Crippen molar-refractivity contribution in [3.63, 3.8) is 0 Å². The van der Waals surface area contributed by atoms with Crippen molar-refractivity contribution in [3.05, 3.63) is 29.8 Å². The molecular formula is C21H31N3O3. The van der Waals surface area contributed by atoms with Crippen LogP contribution in [0.15, 0.2) is 24.3 Å². The Bertz CT molecular complexity index is 635. The fourth-order valence-electron chi connectivity index (χ4n) is 4.05. The average Bonchev–Trinajstić information content (AvgIpc) is 2.68. The molecule has 6 heteroatoms. The standard InChI is InChI=1S/C21H31N3O3/c25-19-9-5-4-6-16(19)10-11-20(26)24-14-12-18(13-15-24)23-21(27)22-17-7-2-1-3-8-17/h4-6,9,17-18,25H,1-3,7-8,10-15H2,(H2,22,23,27). The molecule has 1 saturated carbocycles. The Balaban J connectivity index is 1.36. The van der Waals surface area contributed by atoms with E-state index in [-0.39, 0.29) is 23.7 Å². The third kappa shape index (κ3) is 5.88. The zero-order valence-corrected chi connectivity index (χ0v) is 16.0. The highest BCUT2D eigenvalue weighted by Crippen LogP contribution is 2.19. The monoisotopic (exact) mass is 373 g/mol. The number of carbonyl (C=O) groups is 2. The van der Waals surface area contributed by atoms with Gasteiger partial charge in [0.25, 0.3) is 0 Å². The number of nitrogens with one attached hydrogen (secondary N) is 2. The van der Waals surface area contributed by atoms with Crippen LogP contribution in [0.3, 0.4) is 0 Å². The second-order valence-electron chi connectivity index (χ2n) is 7.74. The smallest absolute Gasteiger partial charge is 0.315 e. The van der Waals surface area contributed by atoms with E-state index in [9.17, 15) is 14.7 Å². The van der Waals surface area contributed by atoms with Crippen molar-refractivity contribution in [3.8, 4) is 5.75 Å². The normalized spacial score (nSPS) is 18.9. The van der Waals surface area contributed by atoms with E-state index in [1.807, 2.05) is 17.0 Å². The number of hydrogen-bond donors (Lipinski definition) is 3. The molecule has 0 atom stereocenters. The molecule has 1 aliphatic carbocycles. The number of nitrogens with zero attached hydrogens (tertiary/aromatic N) is 1. The Morgan fingerprint density at radius 1 is 0.963 bits per heavy atom. The van der Waals surface area contributed by atoms with Crippen LogP contribution in [0, 0.1) is 0 Å². The lowest BCUT2D eigenvalue weighted by atomic mass is 9.96. The minimum Gasteiger partial charge on any atom is -0.508 e. The summed E-state index contributed by atoms with van der Waals surface area (Å²) >= 11 is 0. The van der Waals surface area contributed by atoms with Gasteiger partial charge in [0, 0.05) is 31.6 Å². The third-order valence-electron chi connectivity index (χ3n) is 5.72. The second-order valence-corrected chi connectivity index (χ2v) is 7.74. The maximum Gasteiger partial charge on any atom is 0.315 e. The van der Waals surface area contributed by atoms with Gasteiger partial charge in [-0.2, -0.15) is 0 Å². The molecule has 1 aromatic carbocycles. The van der Waals surface area contributed by atoms with Crippen molar-refractivity contribution in [2.45, 2.75) is 69.9 Å². The number of aryl methyl sites for hydroxylation is 1. The molecule has 0 aromatic heterocycles. The lowest BCUT2D eigenvalue weighted by Crippen LogP contribution is -2.51. The topological polar surface area (TPSA) is 81.7 Å². The molecule has 3 amide bonds. The van der Waals surface area contributed by atoms with Crippen LogP contribution in [0.25, 0.3) is 0 Å². The number of piperidine rings is 1. The van der Waals surface area contributed by atoms with E-state index in [4.69, 9.17) is 0 Å². The highest BCUT2D eigenvalue weighted by molar-refractivity contribution is 5.77. The maximum absolute atomic E-state index is 12.4. The summed E-state index contributed by atoms with van der Waals surface area (Å²) in [5, 5.41) is 16.0. The summed E-state index contributed by atoms with van der Waals surface area (Å²) in [6.45, 7) is 1.35. The molecule has 6 nitrogen and oxygen atoms in total. The number of phenols is 1. The van der Waals surface area contributed by atoms with Crippen molar-refractivity contribution in [1.82, 2.24) is 15.5 Å². The molecule has 3 rings (SSSR count). The third-order valence-corrected chi connectivity index (χ3v) is 5.72. The predicted octanol–water partition coefficient (Wildman–Crippen LogP) is 2.95. The molecule has 2 aliphatic rings. The first-order valence-electron chi connectivity index (χ1n) is 10.2. The van der Waals surface area contributed by atoms with E-state index in [0.717, 1.165) is 31.2 Å². The molecule has 1 aliphatic heterocycles. The molecule has 27 heavy (non-hydrogen) atoms. The average molecular weight is 373 g/mol. The summed E-state index contributed by atoms with van der Waals surface area (Å²) < 4.78 is 0. The number of para-hydroxylation sites is 1. The van der Waals surface area contributed by atoms with Crippen molar-refractivity contribution >= 4 is 11.9 Å². The molecule has 1 heterocycles. The first-order valence-corrected chi connectivity index (χ1v) is 10.2. The summed E-state index contributed by atoms with van der Waals surface area (Å²) in [7, 11) is 0. The summed E-state index contributed by atoms with van der Waals surface area (Å²) in [5.41, 5.74) is 0.807. The molecule has 0 spiro atoms. The van der Waals surface area contributed by atoms with E-state index in [2.05, 4.69) is 10.6 Å². The fourth-order valence-corrected chi connectivity index (χ4v) is 4.05. The van der Waals surface area contributed by atoms with Gasteiger partial charge in [-0.15, -0.1) is 0 Å².